The molecule has 0 aliphatic carbocycles. The Morgan fingerprint density at radius 3 is 2.62 bits per heavy atom. The molecule has 6 heteroatoms. The zero-order chi connectivity index (χ0) is 16.0. The van der Waals surface area contributed by atoms with E-state index in [9.17, 15) is 4.79 Å². The number of thioether (sulfide) groups is 1. The van der Waals surface area contributed by atoms with Crippen LogP contribution in [-0.4, -0.2) is 28.9 Å². The maximum atomic E-state index is 12.2. The van der Waals surface area contributed by atoms with Crippen molar-refractivity contribution in [1.29, 1.82) is 0 Å². The summed E-state index contributed by atoms with van der Waals surface area (Å²) >= 11 is 1.80. The highest BCUT2D eigenvalue weighted by Crippen LogP contribution is 2.23. The average Bonchev–Trinajstić information content (AvgIpc) is 2.45. The van der Waals surface area contributed by atoms with Gasteiger partial charge in [0.1, 0.15) is 5.82 Å². The number of pyridine rings is 1. The van der Waals surface area contributed by atoms with Crippen LogP contribution < -0.4 is 16.6 Å². The molecule has 118 valence electrons. The quantitative estimate of drug-likeness (QED) is 0.556. The fourth-order valence-electron chi connectivity index (χ4n) is 1.73. The summed E-state index contributed by atoms with van der Waals surface area (Å²) in [5.41, 5.74) is 3.80. The van der Waals surface area contributed by atoms with E-state index in [-0.39, 0.29) is 11.3 Å². The predicted octanol–water partition coefficient (Wildman–Crippen LogP) is 2.54. The normalized spacial score (nSPS) is 12.9. The molecule has 0 bridgehead atoms. The van der Waals surface area contributed by atoms with Gasteiger partial charge < -0.3 is 10.7 Å². The molecule has 1 unspecified atom stereocenters. The number of nitrogen functional groups attached to an aromatic ring is 1. The van der Waals surface area contributed by atoms with E-state index in [0.717, 1.165) is 12.1 Å². The lowest BCUT2D eigenvalue weighted by molar-refractivity contribution is 0.0953. The molecule has 1 atom stereocenters. The first kappa shape index (κ1) is 17.8. The molecule has 0 aromatic carbocycles. The number of nitrogens with two attached hydrogens (primary N) is 1. The Hall–Kier alpha value is -1.27. The third-order valence-corrected chi connectivity index (χ3v) is 4.28. The Kier molecular flexibility index (Phi) is 6.48. The highest BCUT2D eigenvalue weighted by atomic mass is 32.2. The number of hydrazine groups is 1. The number of nitrogens with zero attached hydrogens (tertiary/aromatic N) is 1. The third kappa shape index (κ3) is 5.55. The van der Waals surface area contributed by atoms with E-state index in [1.165, 1.54) is 0 Å². The van der Waals surface area contributed by atoms with Gasteiger partial charge >= 0.3 is 0 Å². The number of rotatable bonds is 6. The van der Waals surface area contributed by atoms with Crippen molar-refractivity contribution >= 4 is 23.5 Å². The lowest BCUT2D eigenvalue weighted by Gasteiger charge is -2.19. The monoisotopic (exact) mass is 310 g/mol. The molecule has 1 rings (SSSR count). The van der Waals surface area contributed by atoms with Crippen molar-refractivity contribution in [3.8, 4) is 0 Å². The molecule has 0 saturated carbocycles. The van der Waals surface area contributed by atoms with Crippen molar-refractivity contribution in [2.75, 3.05) is 18.2 Å². The van der Waals surface area contributed by atoms with Gasteiger partial charge in [-0.3, -0.25) is 4.79 Å². The summed E-state index contributed by atoms with van der Waals surface area (Å²) in [4.78, 5) is 16.7. The van der Waals surface area contributed by atoms with Crippen molar-refractivity contribution in [2.24, 2.45) is 5.84 Å². The van der Waals surface area contributed by atoms with Crippen LogP contribution in [-0.2, 0) is 5.41 Å². The second-order valence-electron chi connectivity index (χ2n) is 6.11. The highest BCUT2D eigenvalue weighted by Gasteiger charge is 2.19. The van der Waals surface area contributed by atoms with E-state index >= 15 is 0 Å². The number of aromatic nitrogens is 1. The predicted molar refractivity (Wildman–Crippen MR) is 90.7 cm³/mol. The molecule has 0 aliphatic heterocycles. The Bertz CT molecular complexity index is 485. The largest absolute Gasteiger partial charge is 0.352 e. The summed E-state index contributed by atoms with van der Waals surface area (Å²) < 4.78 is 0. The lowest BCUT2D eigenvalue weighted by Crippen LogP contribution is -2.27. The van der Waals surface area contributed by atoms with E-state index in [1.807, 2.05) is 6.07 Å². The Morgan fingerprint density at radius 2 is 2.10 bits per heavy atom. The van der Waals surface area contributed by atoms with Gasteiger partial charge in [0.15, 0.2) is 0 Å². The van der Waals surface area contributed by atoms with Crippen LogP contribution in [0.5, 0.6) is 0 Å². The first-order chi connectivity index (χ1) is 9.77. The van der Waals surface area contributed by atoms with Gasteiger partial charge in [-0.1, -0.05) is 27.7 Å². The Labute approximate surface area is 131 Å². The van der Waals surface area contributed by atoms with Gasteiger partial charge in [-0.25, -0.2) is 10.8 Å². The summed E-state index contributed by atoms with van der Waals surface area (Å²) in [7, 11) is 0. The number of hydrogen-bond donors (Lipinski definition) is 3. The molecule has 0 saturated heterocycles. The summed E-state index contributed by atoms with van der Waals surface area (Å²) in [5, 5.41) is 3.48. The molecule has 4 N–H and O–H groups in total. The molecular weight excluding hydrogens is 284 g/mol. The van der Waals surface area contributed by atoms with Crippen LogP contribution in [0.1, 0.15) is 50.2 Å². The van der Waals surface area contributed by atoms with Crippen molar-refractivity contribution in [2.45, 2.75) is 44.8 Å². The van der Waals surface area contributed by atoms with Crippen LogP contribution in [0, 0.1) is 0 Å². The fourth-order valence-corrected chi connectivity index (χ4v) is 2.08. The molecule has 1 amide bonds. The molecule has 0 spiro atoms. The van der Waals surface area contributed by atoms with Crippen molar-refractivity contribution < 1.29 is 4.79 Å². The van der Waals surface area contributed by atoms with Gasteiger partial charge in [0.05, 0.1) is 0 Å². The molecular formula is C15H26N4OS. The fraction of sp³-hybridized carbons (Fsp3) is 0.600. The topological polar surface area (TPSA) is 80.0 Å². The van der Waals surface area contributed by atoms with Crippen LogP contribution in [0.2, 0.25) is 0 Å². The molecule has 1 aromatic rings. The maximum absolute atomic E-state index is 12.2. The van der Waals surface area contributed by atoms with Crippen LogP contribution in [0.4, 0.5) is 5.82 Å². The van der Waals surface area contributed by atoms with Gasteiger partial charge in [0.25, 0.3) is 5.91 Å². The smallest absolute Gasteiger partial charge is 0.251 e. The van der Waals surface area contributed by atoms with E-state index in [4.69, 9.17) is 5.84 Å². The summed E-state index contributed by atoms with van der Waals surface area (Å²) in [5.74, 6) is 5.86. The minimum Gasteiger partial charge on any atom is -0.352 e. The number of carbonyl (C=O) groups excluding carboxylic acids is 1. The molecule has 21 heavy (non-hydrogen) atoms. The lowest BCUT2D eigenvalue weighted by atomic mass is 9.90. The minimum absolute atomic E-state index is 0.0901. The average molecular weight is 310 g/mol. The van der Waals surface area contributed by atoms with Crippen LogP contribution in [0.15, 0.2) is 12.1 Å². The number of hydrogen-bond acceptors (Lipinski definition) is 5. The van der Waals surface area contributed by atoms with Gasteiger partial charge in [-0.2, -0.15) is 11.8 Å². The van der Waals surface area contributed by atoms with Crippen LogP contribution >= 0.6 is 11.8 Å². The molecule has 5 nitrogen and oxygen atoms in total. The summed E-state index contributed by atoms with van der Waals surface area (Å²) in [6, 6.07) is 3.50. The standard InChI is InChI=1S/C15H26N4OS/c1-10(21-5)6-7-17-14(20)11-8-12(15(2,3)4)18-13(9-11)19-16/h8-10H,6-7,16H2,1-5H3,(H,17,20)(H,18,19). The summed E-state index contributed by atoms with van der Waals surface area (Å²) in [6.45, 7) is 8.98. The van der Waals surface area contributed by atoms with Crippen molar-refractivity contribution in [3.05, 3.63) is 23.4 Å². The second-order valence-corrected chi connectivity index (χ2v) is 7.39. The van der Waals surface area contributed by atoms with Crippen LogP contribution in [0.3, 0.4) is 0 Å². The molecule has 0 radical (unpaired) electrons. The number of nitrogens with one attached hydrogen (secondary N) is 2. The molecule has 1 heterocycles. The second kappa shape index (κ2) is 7.66. The van der Waals surface area contributed by atoms with Gasteiger partial charge in [-0.05, 0) is 24.8 Å². The van der Waals surface area contributed by atoms with E-state index < -0.39 is 0 Å². The Morgan fingerprint density at radius 1 is 1.43 bits per heavy atom. The number of amides is 1. The summed E-state index contributed by atoms with van der Waals surface area (Å²) in [6.07, 6.45) is 3.02. The van der Waals surface area contributed by atoms with Crippen molar-refractivity contribution in [3.63, 3.8) is 0 Å². The van der Waals surface area contributed by atoms with E-state index in [2.05, 4.69) is 49.7 Å². The zero-order valence-electron chi connectivity index (χ0n) is 13.5. The maximum Gasteiger partial charge on any atom is 0.251 e. The highest BCUT2D eigenvalue weighted by molar-refractivity contribution is 7.99. The Balaban J connectivity index is 2.84. The first-order valence-electron chi connectivity index (χ1n) is 7.08. The minimum atomic E-state index is -0.144. The van der Waals surface area contributed by atoms with Crippen LogP contribution in [0.25, 0.3) is 0 Å². The van der Waals surface area contributed by atoms with Gasteiger partial charge in [0.2, 0.25) is 0 Å². The molecule has 1 aromatic heterocycles. The SMILES string of the molecule is CSC(C)CCNC(=O)c1cc(NN)nc(C(C)(C)C)c1. The number of carbonyl (C=O) groups is 1. The molecule has 0 fully saturated rings. The zero-order valence-corrected chi connectivity index (χ0v) is 14.3. The van der Waals surface area contributed by atoms with E-state index in [0.29, 0.717) is 23.2 Å². The first-order valence-corrected chi connectivity index (χ1v) is 8.37. The number of anilines is 1. The molecule has 0 aliphatic rings. The third-order valence-electron chi connectivity index (χ3n) is 3.24. The van der Waals surface area contributed by atoms with Gasteiger partial charge in [0, 0.05) is 28.5 Å². The van der Waals surface area contributed by atoms with Gasteiger partial charge in [-0.15, -0.1) is 0 Å². The van der Waals surface area contributed by atoms with E-state index in [1.54, 1.807) is 17.8 Å². The van der Waals surface area contributed by atoms with Crippen molar-refractivity contribution in [1.82, 2.24) is 10.3 Å².